The number of halogens is 3. The third kappa shape index (κ3) is 4.47. The number of hydrazine groups is 1. The maximum Gasteiger partial charge on any atom is 0.317 e. The summed E-state index contributed by atoms with van der Waals surface area (Å²) in [5.74, 6) is -3.50. The van der Waals surface area contributed by atoms with E-state index in [1.165, 1.54) is 10.1 Å². The summed E-state index contributed by atoms with van der Waals surface area (Å²) in [5, 5.41) is 7.82. The largest absolute Gasteiger partial charge is 0.317 e. The predicted octanol–water partition coefficient (Wildman–Crippen LogP) is 0.949. The molecule has 0 aliphatic rings. The number of carbonyl (C=O) groups excluding carboxylic acids is 2. The predicted molar refractivity (Wildman–Crippen MR) is 88.2 cm³/mol. The van der Waals surface area contributed by atoms with E-state index >= 15 is 0 Å². The molecule has 0 aromatic carbocycles. The van der Waals surface area contributed by atoms with E-state index < -0.39 is 24.1 Å². The highest BCUT2D eigenvalue weighted by molar-refractivity contribution is 5.95. The summed E-state index contributed by atoms with van der Waals surface area (Å²) in [5.41, 5.74) is 4.05. The SMILES string of the molecule is O=C(NNC(=O)C(F)F)c1cnc(Cn2cc(-c3ccccn3)nn2)c(F)c1. The fraction of sp³-hybridized carbons (Fsp3) is 0.125. The highest BCUT2D eigenvalue weighted by Gasteiger charge is 2.17. The number of hydrogen-bond donors (Lipinski definition) is 2. The van der Waals surface area contributed by atoms with Crippen molar-refractivity contribution in [1.82, 2.24) is 35.8 Å². The van der Waals surface area contributed by atoms with E-state index in [1.807, 2.05) is 0 Å². The number of alkyl halides is 2. The third-order valence-electron chi connectivity index (χ3n) is 3.45. The monoisotopic (exact) mass is 391 g/mol. The highest BCUT2D eigenvalue weighted by atomic mass is 19.3. The van der Waals surface area contributed by atoms with Crippen LogP contribution in [-0.4, -0.2) is 43.2 Å². The summed E-state index contributed by atoms with van der Waals surface area (Å²) >= 11 is 0. The van der Waals surface area contributed by atoms with E-state index in [1.54, 1.807) is 36.0 Å². The van der Waals surface area contributed by atoms with Crippen molar-refractivity contribution in [2.24, 2.45) is 0 Å². The van der Waals surface area contributed by atoms with E-state index in [0.29, 0.717) is 11.4 Å². The van der Waals surface area contributed by atoms with Crippen LogP contribution in [0.5, 0.6) is 0 Å². The summed E-state index contributed by atoms with van der Waals surface area (Å²) in [4.78, 5) is 30.4. The van der Waals surface area contributed by atoms with Crippen LogP contribution in [0.2, 0.25) is 0 Å². The van der Waals surface area contributed by atoms with E-state index in [9.17, 15) is 22.8 Å². The maximum absolute atomic E-state index is 14.2. The van der Waals surface area contributed by atoms with Gasteiger partial charge < -0.3 is 0 Å². The van der Waals surface area contributed by atoms with Crippen LogP contribution in [0.4, 0.5) is 13.2 Å². The van der Waals surface area contributed by atoms with Gasteiger partial charge in [0.1, 0.15) is 11.5 Å². The van der Waals surface area contributed by atoms with Crippen LogP contribution in [0.25, 0.3) is 11.4 Å². The fourth-order valence-electron chi connectivity index (χ4n) is 2.11. The molecule has 0 aliphatic heterocycles. The summed E-state index contributed by atoms with van der Waals surface area (Å²) in [6.07, 6.45) is 0.905. The second kappa shape index (κ2) is 8.24. The number of pyridine rings is 2. The van der Waals surface area contributed by atoms with E-state index in [2.05, 4.69) is 20.3 Å². The Kier molecular flexibility index (Phi) is 5.58. The van der Waals surface area contributed by atoms with Gasteiger partial charge in [-0.3, -0.25) is 30.4 Å². The standard InChI is InChI=1S/C16H12F3N7O2/c17-10-5-9(15(27)23-24-16(28)14(18)19)6-21-12(10)7-26-8-13(22-25-26)11-3-1-2-4-20-11/h1-6,8,14H,7H2,(H,23,27)(H,24,28). The minimum Gasteiger partial charge on any atom is -0.267 e. The number of nitrogens with one attached hydrogen (secondary N) is 2. The molecule has 0 aliphatic carbocycles. The Morgan fingerprint density at radius 2 is 1.96 bits per heavy atom. The van der Waals surface area contributed by atoms with Gasteiger partial charge in [-0.05, 0) is 18.2 Å². The van der Waals surface area contributed by atoms with Gasteiger partial charge in [0.15, 0.2) is 0 Å². The zero-order valence-electron chi connectivity index (χ0n) is 14.0. The Balaban J connectivity index is 1.67. The lowest BCUT2D eigenvalue weighted by atomic mass is 10.2. The molecule has 2 N–H and O–H groups in total. The molecule has 144 valence electrons. The number of nitrogens with zero attached hydrogens (tertiary/aromatic N) is 5. The molecule has 9 nitrogen and oxygen atoms in total. The zero-order valence-corrected chi connectivity index (χ0v) is 14.0. The van der Waals surface area contributed by atoms with Gasteiger partial charge in [-0.1, -0.05) is 11.3 Å². The number of hydrogen-bond acceptors (Lipinski definition) is 6. The molecule has 3 aromatic heterocycles. The van der Waals surface area contributed by atoms with Crippen molar-refractivity contribution in [3.8, 4) is 11.4 Å². The van der Waals surface area contributed by atoms with Gasteiger partial charge in [-0.2, -0.15) is 8.78 Å². The summed E-state index contributed by atoms with van der Waals surface area (Å²) in [6.45, 7) is -0.0598. The minimum atomic E-state index is -3.30. The van der Waals surface area contributed by atoms with Crippen molar-refractivity contribution in [3.05, 3.63) is 59.9 Å². The fourth-order valence-corrected chi connectivity index (χ4v) is 2.11. The molecule has 0 fully saturated rings. The number of carbonyl (C=O) groups is 2. The lowest BCUT2D eigenvalue weighted by Gasteiger charge is -2.08. The van der Waals surface area contributed by atoms with Crippen molar-refractivity contribution in [3.63, 3.8) is 0 Å². The lowest BCUT2D eigenvalue weighted by Crippen LogP contribution is -2.44. The summed E-state index contributed by atoms with van der Waals surface area (Å²) < 4.78 is 39.7. The molecule has 0 bridgehead atoms. The second-order valence-corrected chi connectivity index (χ2v) is 5.41. The molecule has 0 radical (unpaired) electrons. The normalized spacial score (nSPS) is 10.7. The van der Waals surface area contributed by atoms with Crippen molar-refractivity contribution in [1.29, 1.82) is 0 Å². The number of rotatable bonds is 5. The molecule has 28 heavy (non-hydrogen) atoms. The minimum absolute atomic E-state index is 0.0226. The smallest absolute Gasteiger partial charge is 0.267 e. The van der Waals surface area contributed by atoms with Gasteiger partial charge in [-0.25, -0.2) is 9.07 Å². The number of aromatic nitrogens is 5. The maximum atomic E-state index is 14.2. The Morgan fingerprint density at radius 1 is 1.14 bits per heavy atom. The first-order valence-corrected chi connectivity index (χ1v) is 7.78. The molecular weight excluding hydrogens is 379 g/mol. The highest BCUT2D eigenvalue weighted by Crippen LogP contribution is 2.13. The first kappa shape index (κ1) is 18.9. The zero-order chi connectivity index (χ0) is 20.1. The molecule has 3 heterocycles. The Hall–Kier alpha value is -3.83. The third-order valence-corrected chi connectivity index (χ3v) is 3.45. The van der Waals surface area contributed by atoms with Gasteiger partial charge in [0.2, 0.25) is 0 Å². The van der Waals surface area contributed by atoms with E-state index in [4.69, 9.17) is 0 Å². The van der Waals surface area contributed by atoms with Crippen LogP contribution in [0.1, 0.15) is 16.1 Å². The van der Waals surface area contributed by atoms with Crippen molar-refractivity contribution in [2.75, 3.05) is 0 Å². The number of amides is 2. The molecular formula is C16H12F3N7O2. The molecule has 0 spiro atoms. The molecule has 0 atom stereocenters. The Labute approximate surface area is 155 Å². The molecule has 0 saturated heterocycles. The second-order valence-electron chi connectivity index (χ2n) is 5.41. The van der Waals surface area contributed by atoms with Gasteiger partial charge in [0.05, 0.1) is 29.7 Å². The summed E-state index contributed by atoms with van der Waals surface area (Å²) in [6, 6.07) is 6.15. The molecule has 0 saturated carbocycles. The lowest BCUT2D eigenvalue weighted by molar-refractivity contribution is -0.132. The summed E-state index contributed by atoms with van der Waals surface area (Å²) in [7, 11) is 0. The van der Waals surface area contributed by atoms with E-state index in [-0.39, 0.29) is 17.8 Å². The molecule has 3 aromatic rings. The van der Waals surface area contributed by atoms with Gasteiger partial charge >= 0.3 is 12.3 Å². The molecule has 0 unspecified atom stereocenters. The molecule has 12 heteroatoms. The average Bonchev–Trinajstić information content (AvgIpc) is 3.16. The van der Waals surface area contributed by atoms with Crippen LogP contribution in [0, 0.1) is 5.82 Å². The van der Waals surface area contributed by atoms with E-state index in [0.717, 1.165) is 12.3 Å². The van der Waals surface area contributed by atoms with Crippen LogP contribution in [0.15, 0.2) is 42.9 Å². The molecule has 3 rings (SSSR count). The van der Waals surface area contributed by atoms with Gasteiger partial charge in [-0.15, -0.1) is 5.10 Å². The van der Waals surface area contributed by atoms with Crippen molar-refractivity contribution < 1.29 is 22.8 Å². The average molecular weight is 391 g/mol. The Bertz CT molecular complexity index is 995. The topological polar surface area (TPSA) is 115 Å². The quantitative estimate of drug-likeness (QED) is 0.626. The first-order valence-electron chi connectivity index (χ1n) is 7.78. The van der Waals surface area contributed by atoms with Crippen LogP contribution >= 0.6 is 0 Å². The van der Waals surface area contributed by atoms with Crippen LogP contribution < -0.4 is 10.9 Å². The van der Waals surface area contributed by atoms with Crippen molar-refractivity contribution >= 4 is 11.8 Å². The van der Waals surface area contributed by atoms with Crippen LogP contribution in [0.3, 0.4) is 0 Å². The van der Waals surface area contributed by atoms with Crippen LogP contribution in [-0.2, 0) is 11.3 Å². The first-order chi connectivity index (χ1) is 13.4. The van der Waals surface area contributed by atoms with Gasteiger partial charge in [0.25, 0.3) is 5.91 Å². The molecule has 2 amide bonds. The van der Waals surface area contributed by atoms with Crippen molar-refractivity contribution in [2.45, 2.75) is 13.0 Å². The Morgan fingerprint density at radius 3 is 2.64 bits per heavy atom. The van der Waals surface area contributed by atoms with Gasteiger partial charge in [0, 0.05) is 12.4 Å².